The minimum absolute atomic E-state index is 0.0223. The van der Waals surface area contributed by atoms with E-state index in [0.717, 1.165) is 27.6 Å². The molecule has 3 fully saturated rings. The topological polar surface area (TPSA) is 413 Å². The van der Waals surface area contributed by atoms with Crippen LogP contribution in [0.1, 0.15) is 98.4 Å². The molecular formula is C73H99BrCl2N11O21P. The third-order valence-corrected chi connectivity index (χ3v) is 21.6. The number of phosphoric acid groups is 1. The second-order valence-corrected chi connectivity index (χ2v) is 30.6. The lowest BCUT2D eigenvalue weighted by molar-refractivity contribution is -0.205. The van der Waals surface area contributed by atoms with E-state index in [1.165, 1.54) is 30.0 Å². The van der Waals surface area contributed by atoms with Crippen LogP contribution < -0.4 is 46.1 Å². The van der Waals surface area contributed by atoms with Crippen LogP contribution in [0, 0.1) is 36.5 Å². The van der Waals surface area contributed by atoms with Gasteiger partial charge >= 0.3 is 26.0 Å². The number of H-pyrrole nitrogens is 2. The molecule has 36 heteroatoms. The molecule has 0 saturated heterocycles. The standard InChI is InChI=1S/C73H99BrCl2N11O21P/c1-44(2)63(83-57(89)13-18-100-20-22-102-24-26-104-28-29-105-27-25-103-23-21-101-19-15-78-58(90)33-74)54(88)30-48(8-7-14-79-69(77)94)66(91)82-51-11-9-47(10-12-51)40-106-70(95)84(5)16-17-85(6)71(96)107-55-31-52-61(59-45(3)36-80-64(55)59)49(34-75)38-86(52)67(92)72-41-73(42-72,43-72)68(93)87-39-50(35-76)62-53(87)32-56(108-109(97,98)99)65-60(62)46(4)37-81-65/h9-12,31-32,36-37,44,48-50,63,80-81H,7-8,13-30,33-35,38-43H2,1-6H3,(H,78,90)(H,82,91)(H,83,89)(H3,77,79,94)(H2,97,98,99). The lowest BCUT2D eigenvalue weighted by Crippen LogP contribution is -2.73. The van der Waals surface area contributed by atoms with Crippen LogP contribution in [0.5, 0.6) is 11.5 Å². The first-order valence-electron chi connectivity index (χ1n) is 36.3. The monoisotopic (exact) mass is 1650 g/mol. The number of primary amides is 1. The van der Waals surface area contributed by atoms with Gasteiger partial charge in [0.25, 0.3) is 0 Å². The van der Waals surface area contributed by atoms with Crippen molar-refractivity contribution in [2.75, 3.05) is 165 Å². The van der Waals surface area contributed by atoms with Gasteiger partial charge in [0.15, 0.2) is 17.3 Å². The molecule has 2 aliphatic heterocycles. The van der Waals surface area contributed by atoms with Crippen molar-refractivity contribution >= 4 is 139 Å². The van der Waals surface area contributed by atoms with E-state index < -0.39 is 60.6 Å². The van der Waals surface area contributed by atoms with E-state index in [1.54, 1.807) is 66.4 Å². The first kappa shape index (κ1) is 85.3. The van der Waals surface area contributed by atoms with Gasteiger partial charge in [0.1, 0.15) is 6.61 Å². The van der Waals surface area contributed by atoms with E-state index in [0.29, 0.717) is 111 Å². The fourth-order valence-corrected chi connectivity index (χ4v) is 15.5. The van der Waals surface area contributed by atoms with Gasteiger partial charge < -0.3 is 99.0 Å². The summed E-state index contributed by atoms with van der Waals surface area (Å²) in [4.78, 5) is 152. The van der Waals surface area contributed by atoms with Gasteiger partial charge in [0.2, 0.25) is 29.5 Å². The number of carbonyl (C=O) groups is 9. The number of carbonyl (C=O) groups excluding carboxylic acids is 9. The number of ether oxygens (including phenoxy) is 8. The molecule has 9 amide bonds. The van der Waals surface area contributed by atoms with Crippen molar-refractivity contribution in [1.82, 2.24) is 35.7 Å². The molecule has 32 nitrogen and oxygen atoms in total. The molecule has 2 aromatic heterocycles. The number of ketones is 1. The Morgan fingerprint density at radius 2 is 1.17 bits per heavy atom. The Morgan fingerprint density at radius 1 is 0.679 bits per heavy atom. The predicted octanol–water partition coefficient (Wildman–Crippen LogP) is 7.75. The van der Waals surface area contributed by atoms with Crippen LogP contribution in [0.4, 0.5) is 31.4 Å². The highest BCUT2D eigenvalue weighted by Crippen LogP contribution is 2.75. The average Bonchev–Trinajstić information content (AvgIpc) is 1.58. The summed E-state index contributed by atoms with van der Waals surface area (Å²) in [5.41, 5.74) is 9.67. The van der Waals surface area contributed by atoms with Crippen LogP contribution in [0.25, 0.3) is 21.8 Å². The number of alkyl halides is 3. The highest BCUT2D eigenvalue weighted by Gasteiger charge is 2.76. The van der Waals surface area contributed by atoms with Gasteiger partial charge in [0.05, 0.1) is 124 Å². The second kappa shape index (κ2) is 39.5. The Kier molecular flexibility index (Phi) is 30.9. The number of anilines is 3. The molecule has 4 heterocycles. The third-order valence-electron chi connectivity index (χ3n) is 19.9. The Morgan fingerprint density at radius 3 is 1.65 bits per heavy atom. The number of Topliss-reactive ketones (excluding diaryl/α,β-unsaturated/α-hetero) is 1. The molecule has 3 saturated carbocycles. The molecule has 3 aliphatic carbocycles. The minimum Gasteiger partial charge on any atom is -0.445 e. The number of phosphoric ester groups is 1. The molecule has 5 aromatic rings. The molecule has 0 spiro atoms. The highest BCUT2D eigenvalue weighted by molar-refractivity contribution is 9.09. The van der Waals surface area contributed by atoms with Crippen LogP contribution in [0.15, 0.2) is 48.8 Å². The van der Waals surface area contributed by atoms with E-state index >= 15 is 0 Å². The summed E-state index contributed by atoms with van der Waals surface area (Å²) in [5.74, 6) is -3.02. The van der Waals surface area contributed by atoms with Crippen molar-refractivity contribution < 1.29 is 99.9 Å². The van der Waals surface area contributed by atoms with Crippen LogP contribution in [0.2, 0.25) is 0 Å². The van der Waals surface area contributed by atoms with Crippen LogP contribution >= 0.6 is 47.0 Å². The van der Waals surface area contributed by atoms with Crippen molar-refractivity contribution in [2.24, 2.45) is 28.4 Å². The summed E-state index contributed by atoms with van der Waals surface area (Å²) in [5, 5.41) is 12.5. The van der Waals surface area contributed by atoms with Gasteiger partial charge in [-0.1, -0.05) is 41.9 Å². The number of hydrogen-bond acceptors (Lipinski definition) is 19. The van der Waals surface area contributed by atoms with Crippen molar-refractivity contribution in [3.63, 3.8) is 0 Å². The van der Waals surface area contributed by atoms with E-state index in [4.69, 9.17) is 71.4 Å². The molecule has 3 aromatic carbocycles. The lowest BCUT2D eigenvalue weighted by Gasteiger charge is -2.69. The van der Waals surface area contributed by atoms with Gasteiger partial charge in [-0.15, -0.1) is 23.2 Å². The molecule has 4 atom stereocenters. The van der Waals surface area contributed by atoms with E-state index in [2.05, 4.69) is 47.2 Å². The summed E-state index contributed by atoms with van der Waals surface area (Å²) in [6.07, 6.45) is 3.17. The Hall–Kier alpha value is -7.66. The number of benzene rings is 3. The number of rotatable bonds is 45. The molecule has 5 aliphatic rings. The molecule has 4 unspecified atom stereocenters. The SMILES string of the molecule is Cc1c[nH]c2c(OC(=O)N(C)CCN(C)C(=O)OCc3ccc(NC(=O)C(CCCNC(N)=O)CC(=O)C(NC(=O)CCOCCOCCOCCOCCOCCOCCNC(=O)CBr)C(C)C)cc3)cc3c(c12)C(CCl)CN3C(=O)C12CC(C(=O)N3CC(CCl)c4c3cc(OP(=O)(O)O)c3[nH]cc(C)c43)(C1)C2. The number of urea groups is 1. The average molecular weight is 1650 g/mol. The summed E-state index contributed by atoms with van der Waals surface area (Å²) in [6, 6.07) is 8.05. The quantitative estimate of drug-likeness (QED) is 0.0102. The number of amides is 9. The van der Waals surface area contributed by atoms with Crippen LogP contribution in [-0.2, 0) is 73.1 Å². The number of fused-ring (bicyclic) bond motifs is 6. The van der Waals surface area contributed by atoms with Crippen molar-refractivity contribution in [2.45, 2.75) is 97.1 Å². The maximum atomic E-state index is 15.0. The van der Waals surface area contributed by atoms with Gasteiger partial charge in [0, 0.05) is 137 Å². The van der Waals surface area contributed by atoms with Crippen molar-refractivity contribution in [1.29, 1.82) is 0 Å². The largest absolute Gasteiger partial charge is 0.524 e. The highest BCUT2D eigenvalue weighted by atomic mass is 79.9. The van der Waals surface area contributed by atoms with E-state index in [-0.39, 0.29) is 168 Å². The predicted molar refractivity (Wildman–Crippen MR) is 409 cm³/mol. The zero-order valence-corrected chi connectivity index (χ0v) is 66.1. The first-order chi connectivity index (χ1) is 52.1. The zero-order valence-electron chi connectivity index (χ0n) is 62.1. The minimum atomic E-state index is -5.00. The van der Waals surface area contributed by atoms with Gasteiger partial charge in [-0.05, 0) is 91.8 Å². The van der Waals surface area contributed by atoms with Crippen molar-refractivity contribution in [3.8, 4) is 11.5 Å². The number of nitrogens with one attached hydrogen (secondary N) is 6. The molecule has 109 heavy (non-hydrogen) atoms. The van der Waals surface area contributed by atoms with Crippen LogP contribution in [0.3, 0.4) is 0 Å². The first-order valence-corrected chi connectivity index (χ1v) is 40.0. The Bertz CT molecular complexity index is 4080. The summed E-state index contributed by atoms with van der Waals surface area (Å²) in [7, 11) is -1.97. The number of nitrogens with two attached hydrogens (primary N) is 1. The number of likely N-dealkylation sites (N-methyl/N-ethyl adjacent to an activating group) is 2. The number of aromatic nitrogens is 2. The molecule has 598 valence electrons. The molecule has 2 bridgehead atoms. The van der Waals surface area contributed by atoms with E-state index in [1.807, 2.05) is 13.8 Å². The number of halogens is 3. The molecule has 0 radical (unpaired) electrons. The normalized spacial score (nSPS) is 18.1. The third kappa shape index (κ3) is 21.9. The van der Waals surface area contributed by atoms with E-state index in [9.17, 15) is 57.5 Å². The number of aromatic amines is 2. The van der Waals surface area contributed by atoms with Crippen LogP contribution in [-0.4, -0.2) is 239 Å². The number of hydrogen-bond donors (Lipinski definition) is 9. The maximum Gasteiger partial charge on any atom is 0.524 e. The number of nitrogens with zero attached hydrogens (tertiary/aromatic N) is 4. The molecule has 10 N–H and O–H groups in total. The lowest BCUT2D eigenvalue weighted by atomic mass is 9.34. The Balaban J connectivity index is 0.692. The summed E-state index contributed by atoms with van der Waals surface area (Å²) < 4.78 is 61.9. The zero-order chi connectivity index (χ0) is 78.7. The summed E-state index contributed by atoms with van der Waals surface area (Å²) in [6.45, 7) is 12.4. The summed E-state index contributed by atoms with van der Waals surface area (Å²) >= 11 is 16.3. The van der Waals surface area contributed by atoms with Gasteiger partial charge in [-0.2, -0.15) is 0 Å². The number of aryl methyl sites for hydroxylation is 2. The maximum absolute atomic E-state index is 15.0. The molecule has 10 rings (SSSR count). The van der Waals surface area contributed by atoms with Gasteiger partial charge in [-0.25, -0.2) is 18.9 Å². The van der Waals surface area contributed by atoms with Crippen molar-refractivity contribution in [3.05, 3.63) is 76.6 Å². The fourth-order valence-electron chi connectivity index (χ4n) is 14.4. The second-order valence-electron chi connectivity index (χ2n) is 28.2. The van der Waals surface area contributed by atoms with Gasteiger partial charge in [-0.3, -0.25) is 38.6 Å². The smallest absolute Gasteiger partial charge is 0.445 e. The Labute approximate surface area is 650 Å². The molecular weight excluding hydrogens is 1550 g/mol. The fraction of sp³-hybridized carbons (Fsp3) is 0.575.